The lowest BCUT2D eigenvalue weighted by atomic mass is 10.1. The predicted molar refractivity (Wildman–Crippen MR) is 129 cm³/mol. The summed E-state index contributed by atoms with van der Waals surface area (Å²) in [6, 6.07) is 16.5. The minimum Gasteiger partial charge on any atom is -0.271 e. The topological polar surface area (TPSA) is 78.8 Å². The highest BCUT2D eigenvalue weighted by atomic mass is 35.5. The van der Waals surface area contributed by atoms with Gasteiger partial charge in [0.05, 0.1) is 16.3 Å². The number of hydrazone groups is 1. The van der Waals surface area contributed by atoms with Gasteiger partial charge in [0.25, 0.3) is 15.9 Å². The molecule has 3 rings (SSSR count). The lowest BCUT2D eigenvalue weighted by molar-refractivity contribution is -0.119. The number of carbonyl (C=O) groups is 1. The molecule has 0 aliphatic heterocycles. The van der Waals surface area contributed by atoms with Gasteiger partial charge in [-0.2, -0.15) is 5.10 Å². The van der Waals surface area contributed by atoms with Crippen LogP contribution in [0.5, 0.6) is 0 Å². The number of aryl methyl sites for hydroxylation is 2. The molecule has 33 heavy (non-hydrogen) atoms. The van der Waals surface area contributed by atoms with Crippen LogP contribution in [0, 0.1) is 19.7 Å². The van der Waals surface area contributed by atoms with E-state index in [0.717, 1.165) is 15.4 Å². The van der Waals surface area contributed by atoms with Crippen LogP contribution < -0.4 is 9.73 Å². The predicted octanol–water partition coefficient (Wildman–Crippen LogP) is 4.83. The lowest BCUT2D eigenvalue weighted by Gasteiger charge is -2.24. The maximum absolute atomic E-state index is 13.4. The summed E-state index contributed by atoms with van der Waals surface area (Å²) in [6.45, 7) is 4.94. The molecule has 0 fully saturated rings. The molecule has 6 nitrogen and oxygen atoms in total. The van der Waals surface area contributed by atoms with Crippen molar-refractivity contribution in [3.8, 4) is 0 Å². The summed E-state index contributed by atoms with van der Waals surface area (Å²) in [5.41, 5.74) is 5.68. The van der Waals surface area contributed by atoms with Crippen molar-refractivity contribution in [3.05, 3.63) is 94.3 Å². The van der Waals surface area contributed by atoms with Crippen LogP contribution in [-0.4, -0.2) is 26.6 Å². The number of hydrogen-bond donors (Lipinski definition) is 1. The van der Waals surface area contributed by atoms with Gasteiger partial charge in [0.1, 0.15) is 12.4 Å². The van der Waals surface area contributed by atoms with Crippen LogP contribution in [0.15, 0.2) is 76.7 Å². The number of halogens is 2. The van der Waals surface area contributed by atoms with Crippen molar-refractivity contribution in [2.24, 2.45) is 5.10 Å². The summed E-state index contributed by atoms with van der Waals surface area (Å²) in [5, 5.41) is 4.42. The van der Waals surface area contributed by atoms with Crippen molar-refractivity contribution < 1.29 is 17.6 Å². The zero-order valence-electron chi connectivity index (χ0n) is 18.3. The molecular formula is C24H23ClFN3O3S. The Kier molecular flexibility index (Phi) is 7.50. The first-order valence-electron chi connectivity index (χ1n) is 10.0. The number of nitrogens with zero attached hydrogens (tertiary/aromatic N) is 2. The number of rotatable bonds is 7. The van der Waals surface area contributed by atoms with Gasteiger partial charge in [-0.25, -0.2) is 18.2 Å². The van der Waals surface area contributed by atoms with Crippen LogP contribution in [0.4, 0.5) is 10.1 Å². The van der Waals surface area contributed by atoms with Crippen molar-refractivity contribution in [1.82, 2.24) is 5.43 Å². The lowest BCUT2D eigenvalue weighted by Crippen LogP contribution is -2.39. The highest BCUT2D eigenvalue weighted by Crippen LogP contribution is 2.26. The first kappa shape index (κ1) is 24.4. The number of carbonyl (C=O) groups excluding carboxylic acids is 1. The molecule has 172 valence electrons. The van der Waals surface area contributed by atoms with Gasteiger partial charge in [0.2, 0.25) is 0 Å². The van der Waals surface area contributed by atoms with Gasteiger partial charge < -0.3 is 0 Å². The second kappa shape index (κ2) is 10.1. The van der Waals surface area contributed by atoms with Crippen molar-refractivity contribution in [2.75, 3.05) is 10.8 Å². The Morgan fingerprint density at radius 1 is 1.00 bits per heavy atom. The summed E-state index contributed by atoms with van der Waals surface area (Å²) in [5.74, 6) is -1.01. The van der Waals surface area contributed by atoms with E-state index in [1.807, 2.05) is 13.8 Å². The molecule has 0 saturated heterocycles. The quantitative estimate of drug-likeness (QED) is 0.383. The summed E-state index contributed by atoms with van der Waals surface area (Å²) < 4.78 is 40.9. The van der Waals surface area contributed by atoms with E-state index >= 15 is 0 Å². The van der Waals surface area contributed by atoms with Crippen molar-refractivity contribution in [3.63, 3.8) is 0 Å². The fourth-order valence-electron chi connectivity index (χ4n) is 3.00. The Morgan fingerprint density at radius 2 is 1.64 bits per heavy atom. The first-order chi connectivity index (χ1) is 15.6. The Bertz CT molecular complexity index is 1290. The Labute approximate surface area is 197 Å². The third kappa shape index (κ3) is 5.97. The number of amides is 1. The Hall–Kier alpha value is -3.23. The molecule has 0 bridgehead atoms. The Morgan fingerprint density at radius 3 is 2.24 bits per heavy atom. The van der Waals surface area contributed by atoms with Crippen LogP contribution in [-0.2, 0) is 14.8 Å². The highest BCUT2D eigenvalue weighted by Gasteiger charge is 2.27. The molecule has 0 saturated carbocycles. The van der Waals surface area contributed by atoms with Gasteiger partial charge in [-0.15, -0.1) is 0 Å². The summed E-state index contributed by atoms with van der Waals surface area (Å²) in [6.07, 6.45) is 0. The van der Waals surface area contributed by atoms with Gasteiger partial charge in [0, 0.05) is 5.02 Å². The maximum atomic E-state index is 13.4. The van der Waals surface area contributed by atoms with Crippen molar-refractivity contribution in [2.45, 2.75) is 25.7 Å². The minimum atomic E-state index is -4.07. The number of hydrogen-bond acceptors (Lipinski definition) is 4. The number of nitrogens with one attached hydrogen (secondary N) is 1. The van der Waals surface area contributed by atoms with E-state index in [1.54, 1.807) is 25.1 Å². The van der Waals surface area contributed by atoms with Crippen molar-refractivity contribution in [1.29, 1.82) is 0 Å². The van der Waals surface area contributed by atoms with E-state index < -0.39 is 22.5 Å². The third-order valence-electron chi connectivity index (χ3n) is 5.08. The molecule has 0 aliphatic rings. The molecule has 9 heteroatoms. The summed E-state index contributed by atoms with van der Waals surface area (Å²) in [4.78, 5) is 12.7. The Balaban J connectivity index is 1.90. The van der Waals surface area contributed by atoms with Gasteiger partial charge in [-0.3, -0.25) is 9.10 Å². The van der Waals surface area contributed by atoms with Gasteiger partial charge in [-0.1, -0.05) is 29.8 Å². The fourth-order valence-corrected chi connectivity index (χ4v) is 4.54. The molecule has 0 heterocycles. The molecule has 0 aromatic heterocycles. The zero-order valence-corrected chi connectivity index (χ0v) is 19.9. The second-order valence-corrected chi connectivity index (χ2v) is 9.77. The van der Waals surface area contributed by atoms with Crippen LogP contribution in [0.3, 0.4) is 0 Å². The normalized spacial score (nSPS) is 11.8. The largest absolute Gasteiger partial charge is 0.271 e. The van der Waals surface area contributed by atoms with Gasteiger partial charge in [-0.05, 0) is 86.0 Å². The van der Waals surface area contributed by atoms with Crippen LogP contribution in [0.1, 0.15) is 23.6 Å². The van der Waals surface area contributed by atoms with Crippen molar-refractivity contribution >= 4 is 38.9 Å². The highest BCUT2D eigenvalue weighted by molar-refractivity contribution is 7.92. The summed E-state index contributed by atoms with van der Waals surface area (Å²) >= 11 is 5.90. The molecule has 0 atom stereocenters. The molecular weight excluding hydrogens is 465 g/mol. The molecule has 3 aromatic carbocycles. The smallest absolute Gasteiger partial charge is 0.264 e. The fraction of sp³-hybridized carbons (Fsp3) is 0.167. The SMILES string of the molecule is C/C(=N/NC(=O)CN(c1ccc(C)c(C)c1)S(=O)(=O)c1ccc(Cl)cc1)c1ccc(F)cc1. The van der Waals surface area contributed by atoms with E-state index in [-0.39, 0.29) is 10.7 Å². The maximum Gasteiger partial charge on any atom is 0.264 e. The van der Waals surface area contributed by atoms with Crippen LogP contribution in [0.25, 0.3) is 0 Å². The average molecular weight is 488 g/mol. The summed E-state index contributed by atoms with van der Waals surface area (Å²) in [7, 11) is -4.07. The van der Waals surface area contributed by atoms with Crippen LogP contribution >= 0.6 is 11.6 Å². The van der Waals surface area contributed by atoms with Gasteiger partial charge in [0.15, 0.2) is 0 Å². The standard InChI is InChI=1S/C24H23ClFN3O3S/c1-16-4-11-22(14-17(16)2)29(33(31,32)23-12-7-20(25)8-13-23)15-24(30)28-27-18(3)19-5-9-21(26)10-6-19/h4-14H,15H2,1-3H3,(H,28,30)/b27-18-. The second-order valence-electron chi connectivity index (χ2n) is 7.47. The van der Waals surface area contributed by atoms with E-state index in [4.69, 9.17) is 11.6 Å². The molecule has 1 N–H and O–H groups in total. The third-order valence-corrected chi connectivity index (χ3v) is 7.12. The zero-order chi connectivity index (χ0) is 24.2. The number of anilines is 1. The molecule has 0 radical (unpaired) electrons. The number of benzene rings is 3. The molecule has 0 spiro atoms. The first-order valence-corrected chi connectivity index (χ1v) is 11.8. The van der Waals surface area contributed by atoms with E-state index in [0.29, 0.717) is 22.0 Å². The van der Waals surface area contributed by atoms with Crippen LogP contribution in [0.2, 0.25) is 5.02 Å². The monoisotopic (exact) mass is 487 g/mol. The minimum absolute atomic E-state index is 0.00363. The van der Waals surface area contributed by atoms with E-state index in [2.05, 4.69) is 10.5 Å². The molecule has 3 aromatic rings. The molecule has 0 unspecified atom stereocenters. The van der Waals surface area contributed by atoms with E-state index in [1.165, 1.54) is 48.5 Å². The number of sulfonamides is 1. The van der Waals surface area contributed by atoms with E-state index in [9.17, 15) is 17.6 Å². The van der Waals surface area contributed by atoms with Gasteiger partial charge >= 0.3 is 0 Å². The molecule has 1 amide bonds. The molecule has 0 aliphatic carbocycles. The average Bonchev–Trinajstić information content (AvgIpc) is 2.78.